The molecule has 3 fully saturated rings. The maximum Gasteiger partial charge on any atom is 0.271 e. The molecule has 3 aliphatic rings. The highest BCUT2D eigenvalue weighted by Gasteiger charge is 2.43. The van der Waals surface area contributed by atoms with Crippen LogP contribution in [0.15, 0.2) is 18.5 Å². The molecule has 2 N–H and O–H groups in total. The van der Waals surface area contributed by atoms with Crippen molar-refractivity contribution < 1.29 is 9.90 Å². The van der Waals surface area contributed by atoms with Gasteiger partial charge in [-0.15, -0.1) is 0 Å². The van der Waals surface area contributed by atoms with E-state index < -0.39 is 0 Å². The number of aryl methyl sites for hydroxylation is 3. The number of aromatic nitrogens is 6. The lowest BCUT2D eigenvalue weighted by Gasteiger charge is -2.26. The van der Waals surface area contributed by atoms with Gasteiger partial charge in [-0.1, -0.05) is 0 Å². The van der Waals surface area contributed by atoms with Gasteiger partial charge < -0.3 is 24.5 Å². The number of hydrogen-bond acceptors (Lipinski definition) is 6. The Morgan fingerprint density at radius 2 is 1.82 bits per heavy atom. The quantitative estimate of drug-likeness (QED) is 0.376. The zero-order chi connectivity index (χ0) is 26.1. The number of anilines is 2. The number of fused-ring (bicyclic) bond motifs is 3. The molecule has 0 spiro atoms. The van der Waals surface area contributed by atoms with Gasteiger partial charge in [-0.2, -0.15) is 5.10 Å². The number of nitrogens with one attached hydrogen (secondary N) is 1. The molecule has 7 rings (SSSR count). The van der Waals surface area contributed by atoms with Gasteiger partial charge >= 0.3 is 0 Å². The summed E-state index contributed by atoms with van der Waals surface area (Å²) in [5.74, 6) is 1.50. The number of amides is 1. The summed E-state index contributed by atoms with van der Waals surface area (Å²) in [4.78, 5) is 25.7. The lowest BCUT2D eigenvalue weighted by Crippen LogP contribution is -2.36. The molecule has 3 saturated carbocycles. The summed E-state index contributed by atoms with van der Waals surface area (Å²) in [5, 5.41) is 19.2. The predicted octanol–water partition coefficient (Wildman–Crippen LogP) is 4.43. The van der Waals surface area contributed by atoms with Crippen molar-refractivity contribution in [3.8, 4) is 0 Å². The van der Waals surface area contributed by atoms with Gasteiger partial charge in [-0.25, -0.2) is 9.97 Å². The topological polar surface area (TPSA) is 106 Å². The van der Waals surface area contributed by atoms with E-state index in [2.05, 4.69) is 38.3 Å². The SMILES string of the molecule is CCn1c(C(=O)N(C2CC2)C2CC2)cc2c3c(ncn3C)c(Nc3cc(C)n([C@H]4CC[C@@H](O)CC4)n3)nc21. The second-order valence-corrected chi connectivity index (χ2v) is 11.4. The zero-order valence-corrected chi connectivity index (χ0v) is 22.4. The Hall–Kier alpha value is -3.40. The van der Waals surface area contributed by atoms with Crippen molar-refractivity contribution in [2.75, 3.05) is 5.32 Å². The number of pyridine rings is 1. The molecule has 4 aromatic rings. The van der Waals surface area contributed by atoms with Crippen LogP contribution in [0.3, 0.4) is 0 Å². The Morgan fingerprint density at radius 3 is 2.47 bits per heavy atom. The van der Waals surface area contributed by atoms with Crippen molar-refractivity contribution in [3.63, 3.8) is 0 Å². The Morgan fingerprint density at radius 1 is 1.11 bits per heavy atom. The van der Waals surface area contributed by atoms with Gasteiger partial charge in [0.05, 0.1) is 24.0 Å². The van der Waals surface area contributed by atoms with Crippen LogP contribution in [-0.4, -0.2) is 63.0 Å². The molecule has 10 heteroatoms. The summed E-state index contributed by atoms with van der Waals surface area (Å²) in [6.45, 7) is 4.80. The number of aliphatic hydroxyl groups excluding tert-OH is 1. The van der Waals surface area contributed by atoms with Gasteiger partial charge in [0.2, 0.25) is 0 Å². The van der Waals surface area contributed by atoms with E-state index in [4.69, 9.17) is 10.1 Å². The molecule has 38 heavy (non-hydrogen) atoms. The molecule has 0 aromatic carbocycles. The summed E-state index contributed by atoms with van der Waals surface area (Å²) >= 11 is 0. The third-order valence-corrected chi connectivity index (χ3v) is 8.53. The Bertz CT molecular complexity index is 1520. The molecule has 0 atom stereocenters. The largest absolute Gasteiger partial charge is 0.393 e. The molecule has 3 aliphatic carbocycles. The second-order valence-electron chi connectivity index (χ2n) is 11.4. The molecule has 0 aliphatic heterocycles. The number of nitrogens with zero attached hydrogens (tertiary/aromatic N) is 7. The standard InChI is InChI=1S/C28H36N8O2/c1-4-34-22(28(38)35(17-5-6-17)18-7-8-18)14-21-25-24(29-15-33(25)3)26(31-27(21)34)30-23-13-16(2)36(32-23)19-9-11-20(37)12-10-19/h13-15,17-20,37H,4-12H2,1-3H3,(H,30,31,32)/t19-,20+. The van der Waals surface area contributed by atoms with E-state index in [1.807, 2.05) is 23.7 Å². The summed E-state index contributed by atoms with van der Waals surface area (Å²) in [5.41, 5.74) is 4.31. The average Bonchev–Trinajstić information content (AvgIpc) is 3.82. The zero-order valence-electron chi connectivity index (χ0n) is 22.4. The highest BCUT2D eigenvalue weighted by Crippen LogP contribution is 2.40. The normalized spacial score (nSPS) is 21.9. The molecule has 4 heterocycles. The molecule has 0 bridgehead atoms. The van der Waals surface area contributed by atoms with E-state index in [0.29, 0.717) is 36.2 Å². The lowest BCUT2D eigenvalue weighted by molar-refractivity contribution is 0.0719. The number of hydrogen-bond donors (Lipinski definition) is 2. The van der Waals surface area contributed by atoms with Crippen LogP contribution in [0.1, 0.15) is 80.5 Å². The fourth-order valence-corrected chi connectivity index (χ4v) is 6.31. The first-order chi connectivity index (χ1) is 18.4. The van der Waals surface area contributed by atoms with Gasteiger partial charge in [0.1, 0.15) is 16.9 Å². The van der Waals surface area contributed by atoms with Crippen molar-refractivity contribution in [1.29, 1.82) is 0 Å². The number of imidazole rings is 1. The van der Waals surface area contributed by atoms with Crippen LogP contribution in [-0.2, 0) is 13.6 Å². The van der Waals surface area contributed by atoms with Crippen molar-refractivity contribution >= 4 is 39.6 Å². The Labute approximate surface area is 221 Å². The van der Waals surface area contributed by atoms with Crippen molar-refractivity contribution in [1.82, 2.24) is 33.8 Å². The highest BCUT2D eigenvalue weighted by atomic mass is 16.3. The van der Waals surface area contributed by atoms with E-state index in [1.54, 1.807) is 6.33 Å². The third-order valence-electron chi connectivity index (χ3n) is 8.53. The van der Waals surface area contributed by atoms with Crippen LogP contribution < -0.4 is 5.32 Å². The van der Waals surface area contributed by atoms with E-state index in [-0.39, 0.29) is 12.0 Å². The average molecular weight is 517 g/mol. The van der Waals surface area contributed by atoms with Crippen LogP contribution in [0.5, 0.6) is 0 Å². The first-order valence-corrected chi connectivity index (χ1v) is 14.1. The fourth-order valence-electron chi connectivity index (χ4n) is 6.31. The summed E-state index contributed by atoms with van der Waals surface area (Å²) in [7, 11) is 1.99. The van der Waals surface area contributed by atoms with E-state index in [0.717, 1.165) is 84.9 Å². The molecule has 10 nitrogen and oxygen atoms in total. The Kier molecular flexibility index (Phi) is 5.51. The van der Waals surface area contributed by atoms with Crippen LogP contribution in [0.25, 0.3) is 22.1 Å². The van der Waals surface area contributed by atoms with E-state index >= 15 is 0 Å². The molecule has 0 radical (unpaired) electrons. The first kappa shape index (κ1) is 23.7. The van der Waals surface area contributed by atoms with Gasteiger partial charge in [0.15, 0.2) is 11.6 Å². The molecular weight excluding hydrogens is 480 g/mol. The summed E-state index contributed by atoms with van der Waals surface area (Å²) in [6.07, 6.45) is 9.54. The molecule has 1 amide bonds. The smallest absolute Gasteiger partial charge is 0.271 e. The van der Waals surface area contributed by atoms with Crippen LogP contribution in [0, 0.1) is 6.92 Å². The minimum Gasteiger partial charge on any atom is -0.393 e. The highest BCUT2D eigenvalue weighted by molar-refractivity contribution is 6.10. The fraction of sp³-hybridized carbons (Fsp3) is 0.571. The van der Waals surface area contributed by atoms with Gasteiger partial charge in [0.25, 0.3) is 5.91 Å². The molecule has 4 aromatic heterocycles. The number of carbonyl (C=O) groups is 1. The molecular formula is C28H36N8O2. The number of rotatable bonds is 7. The maximum atomic E-state index is 13.8. The number of aliphatic hydroxyl groups is 1. The lowest BCUT2D eigenvalue weighted by atomic mass is 9.93. The molecule has 200 valence electrons. The van der Waals surface area contributed by atoms with Crippen LogP contribution in [0.2, 0.25) is 0 Å². The van der Waals surface area contributed by atoms with Crippen LogP contribution in [0.4, 0.5) is 11.6 Å². The van der Waals surface area contributed by atoms with Crippen molar-refractivity contribution in [2.24, 2.45) is 7.05 Å². The molecule has 0 saturated heterocycles. The van der Waals surface area contributed by atoms with E-state index in [9.17, 15) is 9.90 Å². The van der Waals surface area contributed by atoms with Crippen molar-refractivity contribution in [3.05, 3.63) is 29.8 Å². The maximum absolute atomic E-state index is 13.8. The number of carbonyl (C=O) groups excluding carboxylic acids is 1. The Balaban J connectivity index is 1.29. The van der Waals surface area contributed by atoms with E-state index in [1.165, 1.54) is 0 Å². The first-order valence-electron chi connectivity index (χ1n) is 14.1. The van der Waals surface area contributed by atoms with Crippen molar-refractivity contribution in [2.45, 2.75) is 96.0 Å². The third kappa shape index (κ3) is 3.88. The predicted molar refractivity (Wildman–Crippen MR) is 146 cm³/mol. The minimum atomic E-state index is -0.194. The summed E-state index contributed by atoms with van der Waals surface area (Å²) < 4.78 is 6.15. The minimum absolute atomic E-state index is 0.131. The van der Waals surface area contributed by atoms with Gasteiger partial charge in [0, 0.05) is 42.8 Å². The van der Waals surface area contributed by atoms with Crippen LogP contribution >= 0.6 is 0 Å². The second kappa shape index (κ2) is 8.83. The summed E-state index contributed by atoms with van der Waals surface area (Å²) in [6, 6.07) is 5.15. The van der Waals surface area contributed by atoms with Gasteiger partial charge in [-0.3, -0.25) is 9.48 Å². The monoisotopic (exact) mass is 516 g/mol. The van der Waals surface area contributed by atoms with Gasteiger partial charge in [-0.05, 0) is 71.3 Å². The molecule has 0 unspecified atom stereocenters.